The van der Waals surface area contributed by atoms with Crippen molar-refractivity contribution in [3.8, 4) is 5.75 Å². The van der Waals surface area contributed by atoms with Crippen molar-refractivity contribution in [2.75, 3.05) is 13.7 Å². The van der Waals surface area contributed by atoms with Gasteiger partial charge in [0.05, 0.1) is 11.6 Å². The first kappa shape index (κ1) is 12.8. The van der Waals surface area contributed by atoms with Crippen LogP contribution < -0.4 is 10.5 Å². The Morgan fingerprint density at radius 1 is 1.53 bits per heavy atom. The van der Waals surface area contributed by atoms with Crippen molar-refractivity contribution in [1.82, 2.24) is 0 Å². The maximum Gasteiger partial charge on any atom is 0.144 e. The van der Waals surface area contributed by atoms with E-state index in [0.717, 1.165) is 24.8 Å². The lowest BCUT2D eigenvalue weighted by Gasteiger charge is -2.42. The highest BCUT2D eigenvalue weighted by Crippen LogP contribution is 2.49. The minimum Gasteiger partial charge on any atom is -0.496 e. The molecule has 0 aliphatic heterocycles. The predicted molar refractivity (Wildman–Crippen MR) is 70.0 cm³/mol. The maximum absolute atomic E-state index is 14.3. The molecule has 17 heavy (non-hydrogen) atoms. The molecule has 1 fully saturated rings. The Hall–Kier alpha value is -0.610. The zero-order chi connectivity index (χ0) is 12.6. The van der Waals surface area contributed by atoms with E-state index in [0.29, 0.717) is 22.3 Å². The smallest absolute Gasteiger partial charge is 0.144 e. The Bertz CT molecular complexity index is 438. The molecule has 1 aliphatic rings. The average Bonchev–Trinajstić information content (AvgIpc) is 2.24. The molecule has 0 bridgehead atoms. The van der Waals surface area contributed by atoms with Crippen LogP contribution in [0.3, 0.4) is 0 Å². The van der Waals surface area contributed by atoms with Gasteiger partial charge in [-0.2, -0.15) is 0 Å². The molecule has 0 radical (unpaired) electrons. The molecule has 2 rings (SSSR count). The van der Waals surface area contributed by atoms with Crippen molar-refractivity contribution in [2.45, 2.75) is 31.6 Å². The van der Waals surface area contributed by atoms with Crippen LogP contribution >= 0.6 is 15.9 Å². The lowest BCUT2D eigenvalue weighted by Crippen LogP contribution is -2.42. The van der Waals surface area contributed by atoms with Crippen LogP contribution in [0.2, 0.25) is 0 Å². The molecule has 1 aliphatic carbocycles. The summed E-state index contributed by atoms with van der Waals surface area (Å²) >= 11 is 3.26. The number of halogens is 2. The Balaban J connectivity index is 2.65. The van der Waals surface area contributed by atoms with E-state index in [-0.39, 0.29) is 11.2 Å². The van der Waals surface area contributed by atoms with Gasteiger partial charge in [0.1, 0.15) is 11.6 Å². The Kier molecular flexibility index (Phi) is 3.46. The van der Waals surface area contributed by atoms with E-state index in [1.807, 2.05) is 6.92 Å². The fourth-order valence-corrected chi connectivity index (χ4v) is 3.17. The number of hydrogen-bond donors (Lipinski definition) is 1. The van der Waals surface area contributed by atoms with E-state index >= 15 is 0 Å². The SMILES string of the molecule is COc1c(C)cc(Br)c(F)c1C1(CN)CCC1. The largest absolute Gasteiger partial charge is 0.496 e. The van der Waals surface area contributed by atoms with Gasteiger partial charge >= 0.3 is 0 Å². The van der Waals surface area contributed by atoms with Crippen LogP contribution in [0.1, 0.15) is 30.4 Å². The van der Waals surface area contributed by atoms with E-state index in [9.17, 15) is 4.39 Å². The summed E-state index contributed by atoms with van der Waals surface area (Å²) in [7, 11) is 1.59. The van der Waals surface area contributed by atoms with Crippen LogP contribution in [-0.2, 0) is 5.41 Å². The molecule has 94 valence electrons. The van der Waals surface area contributed by atoms with Gasteiger partial charge in [-0.25, -0.2) is 4.39 Å². The third-order valence-corrected chi connectivity index (χ3v) is 4.37. The van der Waals surface area contributed by atoms with Gasteiger partial charge in [-0.1, -0.05) is 6.42 Å². The molecule has 4 heteroatoms. The third-order valence-electron chi connectivity index (χ3n) is 3.79. The normalized spacial score (nSPS) is 17.7. The highest BCUT2D eigenvalue weighted by molar-refractivity contribution is 9.10. The number of benzene rings is 1. The second kappa shape index (κ2) is 4.58. The molecular weight excluding hydrogens is 285 g/mol. The van der Waals surface area contributed by atoms with E-state index < -0.39 is 0 Å². The Morgan fingerprint density at radius 3 is 2.59 bits per heavy atom. The molecule has 0 unspecified atom stereocenters. The number of ether oxygens (including phenoxy) is 1. The summed E-state index contributed by atoms with van der Waals surface area (Å²) in [6.45, 7) is 2.39. The van der Waals surface area contributed by atoms with Gasteiger partial charge in [-0.3, -0.25) is 0 Å². The minimum atomic E-state index is -0.232. The van der Waals surface area contributed by atoms with Gasteiger partial charge in [-0.15, -0.1) is 0 Å². The van der Waals surface area contributed by atoms with Gasteiger partial charge < -0.3 is 10.5 Å². The Labute approximate surface area is 109 Å². The average molecular weight is 302 g/mol. The van der Waals surface area contributed by atoms with Crippen molar-refractivity contribution in [3.63, 3.8) is 0 Å². The molecule has 1 saturated carbocycles. The number of methoxy groups -OCH3 is 1. The van der Waals surface area contributed by atoms with Crippen molar-refractivity contribution in [2.24, 2.45) is 5.73 Å². The van der Waals surface area contributed by atoms with Gasteiger partial charge in [0.2, 0.25) is 0 Å². The zero-order valence-corrected chi connectivity index (χ0v) is 11.7. The summed E-state index contributed by atoms with van der Waals surface area (Å²) in [5, 5.41) is 0. The second-order valence-electron chi connectivity index (χ2n) is 4.74. The third kappa shape index (κ3) is 1.87. The molecule has 0 spiro atoms. The number of nitrogens with two attached hydrogens (primary N) is 1. The molecule has 0 amide bonds. The van der Waals surface area contributed by atoms with Crippen LogP contribution in [0.15, 0.2) is 10.5 Å². The number of hydrogen-bond acceptors (Lipinski definition) is 2. The summed E-state index contributed by atoms with van der Waals surface area (Å²) in [5.74, 6) is 0.424. The fourth-order valence-electron chi connectivity index (χ4n) is 2.63. The van der Waals surface area contributed by atoms with Gasteiger partial charge in [-0.05, 0) is 47.3 Å². The topological polar surface area (TPSA) is 35.2 Å². The molecule has 0 heterocycles. The van der Waals surface area contributed by atoms with Crippen LogP contribution in [0.25, 0.3) is 0 Å². The first-order valence-electron chi connectivity index (χ1n) is 5.79. The van der Waals surface area contributed by atoms with E-state index in [1.165, 1.54) is 0 Å². The highest BCUT2D eigenvalue weighted by atomic mass is 79.9. The van der Waals surface area contributed by atoms with Gasteiger partial charge in [0.25, 0.3) is 0 Å². The monoisotopic (exact) mass is 301 g/mol. The van der Waals surface area contributed by atoms with Gasteiger partial charge in [0, 0.05) is 17.5 Å². The standard InChI is InChI=1S/C13H17BrFNO/c1-8-6-9(14)11(15)10(12(8)17-2)13(7-16)4-3-5-13/h6H,3-5,7,16H2,1-2H3. The predicted octanol–water partition coefficient (Wildman–Crippen LogP) is 3.29. The molecule has 0 saturated heterocycles. The molecule has 1 aromatic carbocycles. The van der Waals surface area contributed by atoms with Gasteiger partial charge in [0.15, 0.2) is 0 Å². The summed E-state index contributed by atoms with van der Waals surface area (Å²) in [6.07, 6.45) is 2.98. The highest BCUT2D eigenvalue weighted by Gasteiger charge is 2.42. The first-order chi connectivity index (χ1) is 8.05. The quantitative estimate of drug-likeness (QED) is 0.930. The van der Waals surface area contributed by atoms with E-state index in [1.54, 1.807) is 13.2 Å². The van der Waals surface area contributed by atoms with Crippen LogP contribution in [-0.4, -0.2) is 13.7 Å². The van der Waals surface area contributed by atoms with Crippen LogP contribution in [0.4, 0.5) is 4.39 Å². The Morgan fingerprint density at radius 2 is 2.18 bits per heavy atom. The number of aryl methyl sites for hydroxylation is 1. The van der Waals surface area contributed by atoms with E-state index in [2.05, 4.69) is 15.9 Å². The molecule has 2 nitrogen and oxygen atoms in total. The van der Waals surface area contributed by atoms with E-state index in [4.69, 9.17) is 10.5 Å². The fraction of sp³-hybridized carbons (Fsp3) is 0.538. The maximum atomic E-state index is 14.3. The molecule has 0 atom stereocenters. The van der Waals surface area contributed by atoms with Crippen molar-refractivity contribution in [3.05, 3.63) is 27.5 Å². The van der Waals surface area contributed by atoms with Crippen molar-refractivity contribution >= 4 is 15.9 Å². The van der Waals surface area contributed by atoms with Crippen LogP contribution in [0, 0.1) is 12.7 Å². The summed E-state index contributed by atoms with van der Waals surface area (Å²) in [4.78, 5) is 0. The zero-order valence-electron chi connectivity index (χ0n) is 10.1. The molecule has 0 aromatic heterocycles. The summed E-state index contributed by atoms with van der Waals surface area (Å²) in [5.41, 5.74) is 7.22. The molecule has 1 aromatic rings. The van der Waals surface area contributed by atoms with Crippen molar-refractivity contribution in [1.29, 1.82) is 0 Å². The first-order valence-corrected chi connectivity index (χ1v) is 6.58. The lowest BCUT2D eigenvalue weighted by molar-refractivity contribution is 0.234. The van der Waals surface area contributed by atoms with Crippen LogP contribution in [0.5, 0.6) is 5.75 Å². The second-order valence-corrected chi connectivity index (χ2v) is 5.59. The summed E-state index contributed by atoms with van der Waals surface area (Å²) in [6, 6.07) is 1.75. The minimum absolute atomic E-state index is 0.224. The number of rotatable bonds is 3. The van der Waals surface area contributed by atoms with Crippen molar-refractivity contribution < 1.29 is 9.13 Å². The lowest BCUT2D eigenvalue weighted by atomic mass is 9.64. The molecule has 2 N–H and O–H groups in total. The molecular formula is C13H17BrFNO. The summed E-state index contributed by atoms with van der Waals surface area (Å²) < 4.78 is 20.2.